The van der Waals surface area contributed by atoms with E-state index < -0.39 is 0 Å². The Hall–Kier alpha value is -1.24. The second kappa shape index (κ2) is 2.42. The Balaban J connectivity index is 2.24. The molecule has 0 bridgehead atoms. The number of nitrogens with two attached hydrogens (primary N) is 1. The second-order valence-corrected chi connectivity index (χ2v) is 2.92. The Bertz CT molecular complexity index is 255. The number of hydrogen-bond donors (Lipinski definition) is 1. The molecule has 2 aliphatic rings. The zero-order valence-electron chi connectivity index (χ0n) is 6.38. The number of hydrogen-bond acceptors (Lipinski definition) is 0. The summed E-state index contributed by atoms with van der Waals surface area (Å²) in [7, 11) is 0. The highest BCUT2D eigenvalue weighted by molar-refractivity contribution is 6.01. The van der Waals surface area contributed by atoms with Gasteiger partial charge in [0, 0.05) is 17.7 Å². The summed E-state index contributed by atoms with van der Waals surface area (Å²) in [6.07, 6.45) is 12.7. The van der Waals surface area contributed by atoms with Crippen LogP contribution < -0.4 is 5.41 Å². The van der Waals surface area contributed by atoms with Gasteiger partial charge in [0.25, 0.3) is 0 Å². The van der Waals surface area contributed by atoms with E-state index in [1.807, 2.05) is 12.2 Å². The standard InChI is InChI=1S/C10H10N/c11-10-6-4-9(5-7-10)8-2-1-3-8/h1,4-7,11H,2-3H2/q+1/p+1. The molecule has 1 saturated carbocycles. The van der Waals surface area contributed by atoms with Crippen LogP contribution in [0.25, 0.3) is 0 Å². The van der Waals surface area contributed by atoms with Crippen molar-refractivity contribution in [3.8, 4) is 0 Å². The van der Waals surface area contributed by atoms with Gasteiger partial charge in [-0.1, -0.05) is 0 Å². The summed E-state index contributed by atoms with van der Waals surface area (Å²) in [4.78, 5) is 0. The first-order valence-electron chi connectivity index (χ1n) is 3.88. The highest BCUT2D eigenvalue weighted by Crippen LogP contribution is 2.29. The minimum Gasteiger partial charge on any atom is -0.254 e. The van der Waals surface area contributed by atoms with Crippen LogP contribution in [0.4, 0.5) is 0 Å². The van der Waals surface area contributed by atoms with E-state index >= 15 is 0 Å². The molecule has 0 heterocycles. The summed E-state index contributed by atoms with van der Waals surface area (Å²) in [6, 6.07) is 0. The maximum absolute atomic E-state index is 5.57. The monoisotopic (exact) mass is 145 g/mol. The molecule has 0 amide bonds. The fraction of sp³-hybridized carbons (Fsp3) is 0.200. The summed E-state index contributed by atoms with van der Waals surface area (Å²) in [6.45, 7) is 0. The first kappa shape index (κ1) is 6.47. The molecule has 0 saturated heterocycles. The predicted molar refractivity (Wildman–Crippen MR) is 45.8 cm³/mol. The zero-order chi connectivity index (χ0) is 7.68. The van der Waals surface area contributed by atoms with E-state index in [0.717, 1.165) is 18.6 Å². The molecule has 1 nitrogen and oxygen atoms in total. The molecule has 2 aliphatic carbocycles. The van der Waals surface area contributed by atoms with Crippen LogP contribution in [0.1, 0.15) is 12.8 Å². The lowest BCUT2D eigenvalue weighted by Gasteiger charge is -2.10. The molecule has 0 atom stereocenters. The lowest BCUT2D eigenvalue weighted by Crippen LogP contribution is -2.37. The minimum absolute atomic E-state index is 0.845. The third-order valence-electron chi connectivity index (χ3n) is 2.10. The third kappa shape index (κ3) is 1.14. The molecule has 0 aromatic carbocycles. The Morgan fingerprint density at radius 1 is 1.09 bits per heavy atom. The van der Waals surface area contributed by atoms with Gasteiger partial charge in [0.15, 0.2) is 5.71 Å². The largest absolute Gasteiger partial charge is 0.254 e. The summed E-state index contributed by atoms with van der Waals surface area (Å²) in [5.74, 6) is 0. The van der Waals surface area contributed by atoms with Gasteiger partial charge in [-0.3, -0.25) is 5.41 Å². The molecular weight excluding hydrogens is 134 g/mol. The van der Waals surface area contributed by atoms with Crippen molar-refractivity contribution in [1.82, 2.24) is 0 Å². The van der Waals surface area contributed by atoms with Gasteiger partial charge in [0.05, 0.1) is 6.42 Å². The number of allylic oxidation sites excluding steroid dienone is 6. The van der Waals surface area contributed by atoms with E-state index in [1.54, 1.807) is 0 Å². The average Bonchev–Trinajstić information content (AvgIpc) is 1.90. The maximum atomic E-state index is 5.57. The molecule has 0 spiro atoms. The van der Waals surface area contributed by atoms with Crippen LogP contribution in [-0.4, -0.2) is 5.71 Å². The maximum Gasteiger partial charge on any atom is 0.196 e. The summed E-state index contributed by atoms with van der Waals surface area (Å²) < 4.78 is 0. The molecule has 11 heavy (non-hydrogen) atoms. The molecule has 1 fully saturated rings. The fourth-order valence-corrected chi connectivity index (χ4v) is 1.24. The fourth-order valence-electron chi connectivity index (χ4n) is 1.24. The molecule has 2 N–H and O–H groups in total. The first-order valence-corrected chi connectivity index (χ1v) is 3.88. The molecule has 0 aromatic rings. The van der Waals surface area contributed by atoms with E-state index in [1.165, 1.54) is 11.1 Å². The van der Waals surface area contributed by atoms with Crippen molar-refractivity contribution >= 4 is 5.71 Å². The Kier molecular flexibility index (Phi) is 1.42. The van der Waals surface area contributed by atoms with Crippen molar-refractivity contribution in [2.24, 2.45) is 0 Å². The van der Waals surface area contributed by atoms with Gasteiger partial charge in [-0.05, 0) is 17.7 Å². The van der Waals surface area contributed by atoms with E-state index in [9.17, 15) is 0 Å². The Morgan fingerprint density at radius 2 is 1.73 bits per heavy atom. The lowest BCUT2D eigenvalue weighted by atomic mass is 9.86. The molecule has 0 radical (unpaired) electrons. The quantitative estimate of drug-likeness (QED) is 0.483. The summed E-state index contributed by atoms with van der Waals surface area (Å²) in [5.41, 5.74) is 3.73. The smallest absolute Gasteiger partial charge is 0.196 e. The molecule has 54 valence electrons. The van der Waals surface area contributed by atoms with Crippen LogP contribution in [0.3, 0.4) is 0 Å². The van der Waals surface area contributed by atoms with Gasteiger partial charge < -0.3 is 0 Å². The molecule has 1 heteroatoms. The SMILES string of the molecule is [NH2+]=C1C=CC(=C2C[CH+]C2)C=C1. The predicted octanol–water partition coefficient (Wildman–Crippen LogP) is 0.607. The Morgan fingerprint density at radius 3 is 2.18 bits per heavy atom. The molecule has 0 aromatic heterocycles. The van der Waals surface area contributed by atoms with Crippen LogP contribution in [0.15, 0.2) is 35.5 Å². The topological polar surface area (TPSA) is 25.6 Å². The van der Waals surface area contributed by atoms with Crippen molar-refractivity contribution in [3.63, 3.8) is 0 Å². The van der Waals surface area contributed by atoms with Crippen LogP contribution in [0.5, 0.6) is 0 Å². The van der Waals surface area contributed by atoms with E-state index in [2.05, 4.69) is 18.6 Å². The number of rotatable bonds is 0. The van der Waals surface area contributed by atoms with Crippen molar-refractivity contribution in [3.05, 3.63) is 41.9 Å². The van der Waals surface area contributed by atoms with Crippen molar-refractivity contribution < 1.29 is 5.41 Å². The van der Waals surface area contributed by atoms with Gasteiger partial charge in [-0.2, -0.15) is 0 Å². The van der Waals surface area contributed by atoms with Gasteiger partial charge >= 0.3 is 0 Å². The highest BCUT2D eigenvalue weighted by Gasteiger charge is 2.21. The summed E-state index contributed by atoms with van der Waals surface area (Å²) >= 11 is 0. The van der Waals surface area contributed by atoms with Gasteiger partial charge in [0.2, 0.25) is 0 Å². The van der Waals surface area contributed by atoms with Gasteiger partial charge in [0.1, 0.15) is 12.8 Å². The van der Waals surface area contributed by atoms with Crippen molar-refractivity contribution in [2.45, 2.75) is 12.8 Å². The zero-order valence-corrected chi connectivity index (χ0v) is 6.38. The molecule has 2 rings (SSSR count). The van der Waals surface area contributed by atoms with Crippen LogP contribution in [0, 0.1) is 6.42 Å². The summed E-state index contributed by atoms with van der Waals surface area (Å²) in [5, 5.41) is 5.57. The van der Waals surface area contributed by atoms with Crippen LogP contribution in [-0.2, 0) is 0 Å². The van der Waals surface area contributed by atoms with Crippen LogP contribution in [0.2, 0.25) is 0 Å². The highest BCUT2D eigenvalue weighted by atomic mass is 14.4. The van der Waals surface area contributed by atoms with Crippen LogP contribution >= 0.6 is 0 Å². The third-order valence-corrected chi connectivity index (χ3v) is 2.10. The normalized spacial score (nSPS) is 21.6. The van der Waals surface area contributed by atoms with E-state index in [0.29, 0.717) is 0 Å². The first-order chi connectivity index (χ1) is 5.36. The average molecular weight is 145 g/mol. The van der Waals surface area contributed by atoms with E-state index in [4.69, 9.17) is 5.41 Å². The molecular formula is C10H11N+2. The minimum atomic E-state index is 0.845. The van der Waals surface area contributed by atoms with Crippen molar-refractivity contribution in [1.29, 1.82) is 0 Å². The Labute approximate surface area is 66.6 Å². The van der Waals surface area contributed by atoms with Gasteiger partial charge in [-0.25, -0.2) is 0 Å². The van der Waals surface area contributed by atoms with E-state index in [-0.39, 0.29) is 0 Å². The molecule has 0 aliphatic heterocycles. The lowest BCUT2D eigenvalue weighted by molar-refractivity contribution is -0.110. The van der Waals surface area contributed by atoms with Gasteiger partial charge in [-0.15, -0.1) is 0 Å². The second-order valence-electron chi connectivity index (χ2n) is 2.92. The molecule has 0 unspecified atom stereocenters. The van der Waals surface area contributed by atoms with Crippen molar-refractivity contribution in [2.75, 3.05) is 0 Å².